The standard InChI is InChI=1S/C20H19NO3S/c1-13-18(21-16(22)12-17(21)25-13)20(23)24-19(14-8-4-2-5-9-14)15-10-6-3-7-11-15/h2-11,13,17-19H,12H2,1H3. The molecule has 3 unspecified atom stereocenters. The second-order valence-corrected chi connectivity index (χ2v) is 7.94. The summed E-state index contributed by atoms with van der Waals surface area (Å²) in [5.41, 5.74) is 1.85. The summed E-state index contributed by atoms with van der Waals surface area (Å²) in [5, 5.41) is 0.183. The van der Waals surface area contributed by atoms with Crippen molar-refractivity contribution < 1.29 is 14.3 Å². The van der Waals surface area contributed by atoms with Gasteiger partial charge in [-0.05, 0) is 11.1 Å². The van der Waals surface area contributed by atoms with Gasteiger partial charge in [0.05, 0.1) is 11.8 Å². The van der Waals surface area contributed by atoms with Crippen LogP contribution >= 0.6 is 11.8 Å². The lowest BCUT2D eigenvalue weighted by Crippen LogP contribution is -2.55. The molecule has 2 aliphatic rings. The molecule has 4 nitrogen and oxygen atoms in total. The van der Waals surface area contributed by atoms with Crippen molar-refractivity contribution in [3.05, 3.63) is 71.8 Å². The topological polar surface area (TPSA) is 46.6 Å². The van der Waals surface area contributed by atoms with Crippen LogP contribution in [0.5, 0.6) is 0 Å². The van der Waals surface area contributed by atoms with Gasteiger partial charge in [-0.1, -0.05) is 67.6 Å². The van der Waals surface area contributed by atoms with Crippen LogP contribution in [0, 0.1) is 0 Å². The van der Waals surface area contributed by atoms with Gasteiger partial charge in [0.15, 0.2) is 6.10 Å². The Bertz CT molecular complexity index is 741. The first-order chi connectivity index (χ1) is 12.1. The highest BCUT2D eigenvalue weighted by Crippen LogP contribution is 2.44. The number of fused-ring (bicyclic) bond motifs is 1. The van der Waals surface area contributed by atoms with Crippen LogP contribution in [0.3, 0.4) is 0 Å². The Hall–Kier alpha value is -2.27. The molecule has 4 rings (SSSR count). The zero-order valence-corrected chi connectivity index (χ0v) is 14.7. The van der Waals surface area contributed by atoms with Gasteiger partial charge in [-0.15, -0.1) is 11.8 Å². The van der Waals surface area contributed by atoms with Crippen molar-refractivity contribution in [2.24, 2.45) is 0 Å². The van der Waals surface area contributed by atoms with Gasteiger partial charge < -0.3 is 9.64 Å². The minimum Gasteiger partial charge on any atom is -0.451 e. The van der Waals surface area contributed by atoms with Crippen molar-refractivity contribution in [2.45, 2.75) is 36.1 Å². The first-order valence-corrected chi connectivity index (χ1v) is 9.36. The van der Waals surface area contributed by atoms with Crippen LogP contribution in [0.4, 0.5) is 0 Å². The third-order valence-electron chi connectivity index (χ3n) is 4.74. The number of nitrogens with zero attached hydrogens (tertiary/aromatic N) is 1. The van der Waals surface area contributed by atoms with Crippen molar-refractivity contribution in [3.63, 3.8) is 0 Å². The fourth-order valence-electron chi connectivity index (χ4n) is 3.47. The van der Waals surface area contributed by atoms with E-state index in [1.54, 1.807) is 16.7 Å². The van der Waals surface area contributed by atoms with E-state index in [4.69, 9.17) is 4.74 Å². The quantitative estimate of drug-likeness (QED) is 0.624. The van der Waals surface area contributed by atoms with E-state index in [0.29, 0.717) is 6.42 Å². The van der Waals surface area contributed by atoms with Crippen LogP contribution in [0.2, 0.25) is 0 Å². The largest absolute Gasteiger partial charge is 0.451 e. The summed E-state index contributed by atoms with van der Waals surface area (Å²) in [5.74, 6) is -0.284. The molecular formula is C20H19NO3S. The van der Waals surface area contributed by atoms with Gasteiger partial charge >= 0.3 is 5.97 Å². The van der Waals surface area contributed by atoms with Crippen molar-refractivity contribution in [3.8, 4) is 0 Å². The zero-order chi connectivity index (χ0) is 17.4. The molecule has 2 fully saturated rings. The molecule has 25 heavy (non-hydrogen) atoms. The summed E-state index contributed by atoms with van der Waals surface area (Å²) < 4.78 is 5.93. The third kappa shape index (κ3) is 2.93. The van der Waals surface area contributed by atoms with Crippen molar-refractivity contribution >= 4 is 23.6 Å². The van der Waals surface area contributed by atoms with E-state index in [9.17, 15) is 9.59 Å². The predicted octanol–water partition coefficient (Wildman–Crippen LogP) is 3.38. The number of ether oxygens (including phenoxy) is 1. The van der Waals surface area contributed by atoms with Crippen molar-refractivity contribution in [1.82, 2.24) is 4.90 Å². The maximum absolute atomic E-state index is 12.9. The molecular weight excluding hydrogens is 334 g/mol. The lowest BCUT2D eigenvalue weighted by Gasteiger charge is -2.37. The van der Waals surface area contributed by atoms with Crippen LogP contribution in [0.1, 0.15) is 30.6 Å². The zero-order valence-electron chi connectivity index (χ0n) is 13.9. The number of β-lactam (4-membered cyclic amide) rings is 1. The summed E-state index contributed by atoms with van der Waals surface area (Å²) in [7, 11) is 0. The molecule has 1 amide bonds. The molecule has 0 aromatic heterocycles. The van der Waals surface area contributed by atoms with Gasteiger partial charge in [0.1, 0.15) is 6.04 Å². The number of hydrogen-bond acceptors (Lipinski definition) is 4. The Kier molecular flexibility index (Phi) is 4.25. The van der Waals surface area contributed by atoms with Crippen LogP contribution in [0.25, 0.3) is 0 Å². The van der Waals surface area contributed by atoms with E-state index in [-0.39, 0.29) is 22.5 Å². The van der Waals surface area contributed by atoms with Gasteiger partial charge in [-0.2, -0.15) is 0 Å². The van der Waals surface area contributed by atoms with E-state index < -0.39 is 12.1 Å². The number of hydrogen-bond donors (Lipinski definition) is 0. The Labute approximate surface area is 151 Å². The summed E-state index contributed by atoms with van der Waals surface area (Å²) in [6.07, 6.45) is 0.0575. The Morgan fingerprint density at radius 2 is 1.64 bits per heavy atom. The molecule has 3 atom stereocenters. The lowest BCUT2D eigenvalue weighted by molar-refractivity contribution is -0.162. The maximum Gasteiger partial charge on any atom is 0.331 e. The number of amides is 1. The molecule has 0 aliphatic carbocycles. The molecule has 2 aromatic rings. The van der Waals surface area contributed by atoms with Crippen molar-refractivity contribution in [1.29, 1.82) is 0 Å². The average molecular weight is 353 g/mol. The number of carbonyl (C=O) groups excluding carboxylic acids is 2. The molecule has 2 aromatic carbocycles. The summed E-state index contributed by atoms with van der Waals surface area (Å²) in [6, 6.07) is 18.9. The molecule has 0 radical (unpaired) electrons. The summed E-state index contributed by atoms with van der Waals surface area (Å²) in [6.45, 7) is 1.99. The number of thioether (sulfide) groups is 1. The minimum atomic E-state index is -0.494. The maximum atomic E-state index is 12.9. The van der Waals surface area contributed by atoms with Crippen molar-refractivity contribution in [2.75, 3.05) is 0 Å². The normalized spacial score (nSPS) is 24.8. The number of benzene rings is 2. The molecule has 0 N–H and O–H groups in total. The fraction of sp³-hybridized carbons (Fsp3) is 0.300. The highest BCUT2D eigenvalue weighted by atomic mass is 32.2. The Balaban J connectivity index is 1.61. The highest BCUT2D eigenvalue weighted by molar-refractivity contribution is 8.00. The van der Waals surface area contributed by atoms with E-state index >= 15 is 0 Å². The third-order valence-corrected chi connectivity index (χ3v) is 6.14. The molecule has 0 bridgehead atoms. The molecule has 2 aliphatic heterocycles. The van der Waals surface area contributed by atoms with Gasteiger partial charge in [-0.3, -0.25) is 4.79 Å². The summed E-state index contributed by atoms with van der Waals surface area (Å²) in [4.78, 5) is 26.5. The minimum absolute atomic E-state index is 0.0415. The first kappa shape index (κ1) is 16.2. The second-order valence-electron chi connectivity index (χ2n) is 6.38. The molecule has 0 spiro atoms. The smallest absolute Gasteiger partial charge is 0.331 e. The number of rotatable bonds is 4. The number of esters is 1. The molecule has 2 saturated heterocycles. The summed E-state index contributed by atoms with van der Waals surface area (Å²) >= 11 is 1.68. The number of carbonyl (C=O) groups is 2. The van der Waals surface area contributed by atoms with E-state index in [1.807, 2.05) is 67.6 Å². The fourth-order valence-corrected chi connectivity index (χ4v) is 4.98. The predicted molar refractivity (Wildman–Crippen MR) is 96.9 cm³/mol. The first-order valence-electron chi connectivity index (χ1n) is 8.42. The Morgan fingerprint density at radius 1 is 1.08 bits per heavy atom. The molecule has 2 heterocycles. The van der Waals surface area contributed by atoms with Crippen LogP contribution in [-0.2, 0) is 14.3 Å². The van der Waals surface area contributed by atoms with Gasteiger partial charge in [0.25, 0.3) is 0 Å². The van der Waals surface area contributed by atoms with Crippen LogP contribution < -0.4 is 0 Å². The van der Waals surface area contributed by atoms with Gasteiger partial charge in [0.2, 0.25) is 5.91 Å². The van der Waals surface area contributed by atoms with E-state index in [0.717, 1.165) is 11.1 Å². The Morgan fingerprint density at radius 3 is 2.16 bits per heavy atom. The second kappa shape index (κ2) is 6.56. The monoisotopic (exact) mass is 353 g/mol. The van der Waals surface area contributed by atoms with Crippen LogP contribution in [-0.4, -0.2) is 33.4 Å². The average Bonchev–Trinajstić information content (AvgIpc) is 2.91. The molecule has 5 heteroatoms. The van der Waals surface area contributed by atoms with E-state index in [2.05, 4.69) is 0 Å². The molecule has 0 saturated carbocycles. The van der Waals surface area contributed by atoms with Gasteiger partial charge in [-0.25, -0.2) is 4.79 Å². The SMILES string of the molecule is CC1SC2CC(=O)N2C1C(=O)OC(c1ccccc1)c1ccccc1. The lowest BCUT2D eigenvalue weighted by atomic mass is 10.0. The highest BCUT2D eigenvalue weighted by Gasteiger charge is 2.54. The van der Waals surface area contributed by atoms with Crippen LogP contribution in [0.15, 0.2) is 60.7 Å². The molecule has 128 valence electrons. The van der Waals surface area contributed by atoms with E-state index in [1.165, 1.54) is 0 Å². The van der Waals surface area contributed by atoms with Gasteiger partial charge in [0, 0.05) is 5.25 Å².